The summed E-state index contributed by atoms with van der Waals surface area (Å²) in [6.07, 6.45) is 0. The van der Waals surface area contributed by atoms with Gasteiger partial charge in [0.15, 0.2) is 0 Å². The Morgan fingerprint density at radius 1 is 0.958 bits per heavy atom. The summed E-state index contributed by atoms with van der Waals surface area (Å²) < 4.78 is 4.59. The summed E-state index contributed by atoms with van der Waals surface area (Å²) in [7, 11) is 1.29. The van der Waals surface area contributed by atoms with Crippen LogP contribution in [0.4, 0.5) is 5.69 Å². The molecule has 2 rings (SSSR count). The first-order valence-corrected chi connectivity index (χ1v) is 7.39. The zero-order valence-electron chi connectivity index (χ0n) is 12.8. The van der Waals surface area contributed by atoms with Crippen molar-refractivity contribution in [3.8, 4) is 0 Å². The lowest BCUT2D eigenvalue weighted by Gasteiger charge is -2.08. The van der Waals surface area contributed by atoms with Crippen molar-refractivity contribution in [2.45, 2.75) is 0 Å². The fraction of sp³-hybridized carbons (Fsp3) is 0.118. The molecule has 0 bridgehead atoms. The topological polar surface area (TPSA) is 84.5 Å². The van der Waals surface area contributed by atoms with E-state index in [1.807, 2.05) is 0 Å². The van der Waals surface area contributed by atoms with Gasteiger partial charge in [-0.1, -0.05) is 11.6 Å². The summed E-state index contributed by atoms with van der Waals surface area (Å²) in [5, 5.41) is 5.65. The molecular weight excluding hydrogens is 332 g/mol. The highest BCUT2D eigenvalue weighted by atomic mass is 35.5. The first kappa shape index (κ1) is 17.5. The van der Waals surface area contributed by atoms with Crippen LogP contribution in [0.2, 0.25) is 5.02 Å². The van der Waals surface area contributed by atoms with E-state index in [1.54, 1.807) is 36.4 Å². The van der Waals surface area contributed by atoms with E-state index in [4.69, 9.17) is 11.6 Å². The maximum absolute atomic E-state index is 11.9. The molecule has 2 N–H and O–H groups in total. The minimum Gasteiger partial charge on any atom is -0.465 e. The molecule has 0 fully saturated rings. The Balaban J connectivity index is 1.85. The zero-order valence-corrected chi connectivity index (χ0v) is 13.6. The molecule has 24 heavy (non-hydrogen) atoms. The molecular formula is C17H15ClN2O4. The molecule has 0 radical (unpaired) electrons. The van der Waals surface area contributed by atoms with Gasteiger partial charge >= 0.3 is 5.97 Å². The molecule has 2 amide bonds. The van der Waals surface area contributed by atoms with Gasteiger partial charge < -0.3 is 15.4 Å². The third kappa shape index (κ3) is 4.82. The highest BCUT2D eigenvalue weighted by Crippen LogP contribution is 2.11. The quantitative estimate of drug-likeness (QED) is 0.815. The molecule has 2 aromatic carbocycles. The van der Waals surface area contributed by atoms with Gasteiger partial charge in [0.1, 0.15) is 0 Å². The molecule has 0 aliphatic heterocycles. The number of ether oxygens (including phenoxy) is 1. The van der Waals surface area contributed by atoms with E-state index in [0.717, 1.165) is 0 Å². The number of carbonyl (C=O) groups excluding carboxylic acids is 3. The number of halogens is 1. The van der Waals surface area contributed by atoms with Crippen LogP contribution in [-0.2, 0) is 9.53 Å². The highest BCUT2D eigenvalue weighted by Gasteiger charge is 2.09. The fourth-order valence-electron chi connectivity index (χ4n) is 1.88. The van der Waals surface area contributed by atoms with Crippen LogP contribution in [-0.4, -0.2) is 31.4 Å². The number of rotatable bonds is 5. The van der Waals surface area contributed by atoms with Crippen LogP contribution in [0.25, 0.3) is 0 Å². The third-order valence-corrected chi connectivity index (χ3v) is 3.36. The van der Waals surface area contributed by atoms with Gasteiger partial charge in [-0.3, -0.25) is 9.59 Å². The van der Waals surface area contributed by atoms with E-state index in [1.165, 1.54) is 19.2 Å². The number of hydrogen-bond acceptors (Lipinski definition) is 4. The highest BCUT2D eigenvalue weighted by molar-refractivity contribution is 6.30. The summed E-state index contributed by atoms with van der Waals surface area (Å²) in [6, 6.07) is 12.6. The monoisotopic (exact) mass is 346 g/mol. The van der Waals surface area contributed by atoms with Crippen molar-refractivity contribution in [3.63, 3.8) is 0 Å². The van der Waals surface area contributed by atoms with Crippen LogP contribution in [0.1, 0.15) is 20.7 Å². The van der Waals surface area contributed by atoms with Crippen LogP contribution >= 0.6 is 11.6 Å². The minimum absolute atomic E-state index is 0.180. The Kier molecular flexibility index (Phi) is 5.92. The summed E-state index contributed by atoms with van der Waals surface area (Å²) in [6.45, 7) is -0.180. The summed E-state index contributed by atoms with van der Waals surface area (Å²) in [5.41, 5.74) is 1.30. The van der Waals surface area contributed by atoms with Gasteiger partial charge in [0.2, 0.25) is 5.91 Å². The predicted octanol–water partition coefficient (Wildman–Crippen LogP) is 2.50. The molecule has 0 saturated heterocycles. The molecule has 0 aliphatic rings. The van der Waals surface area contributed by atoms with E-state index in [9.17, 15) is 14.4 Å². The number of carbonyl (C=O) groups is 3. The number of anilines is 1. The Hall–Kier alpha value is -2.86. The number of benzene rings is 2. The number of esters is 1. The van der Waals surface area contributed by atoms with E-state index in [0.29, 0.717) is 21.8 Å². The average Bonchev–Trinajstić information content (AvgIpc) is 2.60. The lowest BCUT2D eigenvalue weighted by Crippen LogP contribution is -2.32. The second kappa shape index (κ2) is 8.12. The molecule has 0 atom stereocenters. The molecule has 0 unspecified atom stereocenters. The van der Waals surface area contributed by atoms with Gasteiger partial charge in [-0.2, -0.15) is 0 Å². The Morgan fingerprint density at radius 3 is 2.12 bits per heavy atom. The Morgan fingerprint density at radius 2 is 1.54 bits per heavy atom. The van der Waals surface area contributed by atoms with Gasteiger partial charge in [0.05, 0.1) is 19.2 Å². The van der Waals surface area contributed by atoms with Crippen LogP contribution < -0.4 is 10.6 Å². The number of hydrogen-bond donors (Lipinski definition) is 2. The largest absolute Gasteiger partial charge is 0.465 e. The van der Waals surface area contributed by atoms with Gasteiger partial charge in [-0.25, -0.2) is 4.79 Å². The zero-order chi connectivity index (χ0) is 17.5. The fourth-order valence-corrected chi connectivity index (χ4v) is 2.00. The second-order valence-electron chi connectivity index (χ2n) is 4.81. The third-order valence-electron chi connectivity index (χ3n) is 3.11. The Labute approximate surface area is 143 Å². The van der Waals surface area contributed by atoms with Crippen LogP contribution in [0.5, 0.6) is 0 Å². The van der Waals surface area contributed by atoms with E-state index in [2.05, 4.69) is 15.4 Å². The molecule has 0 saturated carbocycles. The summed E-state index contributed by atoms with van der Waals surface area (Å²) in [4.78, 5) is 35.0. The Bertz CT molecular complexity index is 742. The normalized spacial score (nSPS) is 9.92. The number of nitrogens with one attached hydrogen (secondary N) is 2. The number of amides is 2. The van der Waals surface area contributed by atoms with Crippen molar-refractivity contribution in [2.75, 3.05) is 19.0 Å². The maximum atomic E-state index is 11.9. The number of methoxy groups -OCH3 is 1. The first-order valence-electron chi connectivity index (χ1n) is 7.01. The van der Waals surface area contributed by atoms with E-state index < -0.39 is 5.97 Å². The van der Waals surface area contributed by atoms with Crippen LogP contribution in [0, 0.1) is 0 Å². The molecule has 7 heteroatoms. The first-order chi connectivity index (χ1) is 11.5. The lowest BCUT2D eigenvalue weighted by atomic mass is 10.2. The molecule has 0 aromatic heterocycles. The average molecular weight is 347 g/mol. The van der Waals surface area contributed by atoms with Crippen LogP contribution in [0.3, 0.4) is 0 Å². The lowest BCUT2D eigenvalue weighted by molar-refractivity contribution is -0.115. The van der Waals surface area contributed by atoms with Gasteiger partial charge in [-0.15, -0.1) is 0 Å². The van der Waals surface area contributed by atoms with Gasteiger partial charge in [0.25, 0.3) is 5.91 Å². The van der Waals surface area contributed by atoms with E-state index in [-0.39, 0.29) is 18.4 Å². The maximum Gasteiger partial charge on any atom is 0.337 e. The summed E-state index contributed by atoms with van der Waals surface area (Å²) in [5.74, 6) is -1.21. The minimum atomic E-state index is -0.455. The molecule has 0 heterocycles. The standard InChI is InChI=1S/C17H15ClN2O4/c1-24-17(23)12-4-8-14(9-5-12)20-15(21)10-19-16(22)11-2-6-13(18)7-3-11/h2-9H,10H2,1H3,(H,19,22)(H,20,21). The molecule has 2 aromatic rings. The smallest absolute Gasteiger partial charge is 0.337 e. The van der Waals surface area contributed by atoms with Crippen molar-refractivity contribution in [1.82, 2.24) is 5.32 Å². The summed E-state index contributed by atoms with van der Waals surface area (Å²) >= 11 is 5.75. The van der Waals surface area contributed by atoms with Crippen molar-refractivity contribution in [1.29, 1.82) is 0 Å². The van der Waals surface area contributed by atoms with Crippen molar-refractivity contribution in [2.24, 2.45) is 0 Å². The molecule has 0 aliphatic carbocycles. The molecule has 0 spiro atoms. The SMILES string of the molecule is COC(=O)c1ccc(NC(=O)CNC(=O)c2ccc(Cl)cc2)cc1. The molecule has 6 nitrogen and oxygen atoms in total. The second-order valence-corrected chi connectivity index (χ2v) is 5.24. The van der Waals surface area contributed by atoms with Crippen LogP contribution in [0.15, 0.2) is 48.5 Å². The molecule has 124 valence electrons. The van der Waals surface area contributed by atoms with Crippen molar-refractivity contribution in [3.05, 3.63) is 64.7 Å². The van der Waals surface area contributed by atoms with Gasteiger partial charge in [-0.05, 0) is 48.5 Å². The van der Waals surface area contributed by atoms with Crippen molar-refractivity contribution < 1.29 is 19.1 Å². The van der Waals surface area contributed by atoms with Crippen molar-refractivity contribution >= 4 is 35.1 Å². The van der Waals surface area contributed by atoms with Gasteiger partial charge in [0, 0.05) is 16.3 Å². The predicted molar refractivity (Wildman–Crippen MR) is 90.2 cm³/mol. The van der Waals surface area contributed by atoms with E-state index >= 15 is 0 Å².